The van der Waals surface area contributed by atoms with E-state index in [-0.39, 0.29) is 5.96 Å². The van der Waals surface area contributed by atoms with Gasteiger partial charge in [-0.2, -0.15) is 5.26 Å². The maximum absolute atomic E-state index is 8.40. The smallest absolute Gasteiger partial charge is 0.207 e. The summed E-state index contributed by atoms with van der Waals surface area (Å²) in [5.74, 6) is 0.810. The van der Waals surface area contributed by atoms with Crippen LogP contribution in [-0.4, -0.2) is 5.96 Å². The van der Waals surface area contributed by atoms with E-state index in [1.165, 1.54) is 0 Å². The highest BCUT2D eigenvalue weighted by Crippen LogP contribution is 2.18. The summed E-state index contributed by atoms with van der Waals surface area (Å²) in [7, 11) is 0. The first-order valence-corrected chi connectivity index (χ1v) is 6.04. The summed E-state index contributed by atoms with van der Waals surface area (Å²) >= 11 is 0. The van der Waals surface area contributed by atoms with Gasteiger partial charge in [0, 0.05) is 0 Å². The lowest BCUT2D eigenvalue weighted by molar-refractivity contribution is 0.306. The number of aliphatic imine (C=N–C) groups is 1. The van der Waals surface area contributed by atoms with Crippen molar-refractivity contribution in [2.45, 2.75) is 6.61 Å². The van der Waals surface area contributed by atoms with Crippen LogP contribution in [0.1, 0.15) is 5.56 Å². The second-order valence-electron chi connectivity index (χ2n) is 4.00. The van der Waals surface area contributed by atoms with Crippen molar-refractivity contribution in [3.05, 3.63) is 60.2 Å². The minimum atomic E-state index is 0.0606. The van der Waals surface area contributed by atoms with Crippen LogP contribution in [0.5, 0.6) is 5.75 Å². The molecule has 20 heavy (non-hydrogen) atoms. The minimum Gasteiger partial charge on any atom is -0.489 e. The van der Waals surface area contributed by atoms with E-state index in [9.17, 15) is 0 Å². The molecule has 3 N–H and O–H groups in total. The molecule has 5 heteroatoms. The van der Waals surface area contributed by atoms with Gasteiger partial charge in [0.15, 0.2) is 6.19 Å². The number of rotatable bonds is 4. The fourth-order valence-electron chi connectivity index (χ4n) is 1.58. The Labute approximate surface area is 117 Å². The molecular formula is C15H14N4O. The summed E-state index contributed by atoms with van der Waals surface area (Å²) < 4.78 is 5.65. The van der Waals surface area contributed by atoms with Gasteiger partial charge in [-0.1, -0.05) is 30.3 Å². The van der Waals surface area contributed by atoms with E-state index < -0.39 is 0 Å². The average Bonchev–Trinajstić information content (AvgIpc) is 2.48. The topological polar surface area (TPSA) is 83.4 Å². The number of nitrogens with one attached hydrogen (secondary N) is 1. The monoisotopic (exact) mass is 266 g/mol. The largest absolute Gasteiger partial charge is 0.489 e. The number of nitriles is 1. The molecule has 0 saturated carbocycles. The van der Waals surface area contributed by atoms with Gasteiger partial charge in [-0.3, -0.25) is 5.32 Å². The second-order valence-corrected chi connectivity index (χ2v) is 4.00. The van der Waals surface area contributed by atoms with Gasteiger partial charge in [-0.05, 0) is 29.8 Å². The van der Waals surface area contributed by atoms with Gasteiger partial charge in [0.1, 0.15) is 12.4 Å². The van der Waals surface area contributed by atoms with E-state index >= 15 is 0 Å². The molecule has 2 rings (SSSR count). The fourth-order valence-corrected chi connectivity index (χ4v) is 1.58. The van der Waals surface area contributed by atoms with Crippen LogP contribution in [0.3, 0.4) is 0 Å². The first-order chi connectivity index (χ1) is 9.78. The molecule has 2 aromatic carbocycles. The Balaban J connectivity index is 1.95. The molecule has 0 aromatic heterocycles. The summed E-state index contributed by atoms with van der Waals surface area (Å²) in [4.78, 5) is 4.01. The third-order valence-corrected chi connectivity index (χ3v) is 2.52. The SMILES string of the molecule is N#CNC(N)=Nc1ccc(OCc2ccccc2)cc1. The van der Waals surface area contributed by atoms with E-state index in [0.717, 1.165) is 11.3 Å². The zero-order valence-electron chi connectivity index (χ0n) is 10.8. The van der Waals surface area contributed by atoms with Crippen LogP contribution in [0, 0.1) is 11.5 Å². The highest BCUT2D eigenvalue weighted by atomic mass is 16.5. The van der Waals surface area contributed by atoms with Crippen LogP contribution in [0.4, 0.5) is 5.69 Å². The molecule has 100 valence electrons. The molecule has 0 unspecified atom stereocenters. The van der Waals surface area contributed by atoms with Gasteiger partial charge < -0.3 is 10.5 Å². The fraction of sp³-hybridized carbons (Fsp3) is 0.0667. The van der Waals surface area contributed by atoms with Gasteiger partial charge in [-0.15, -0.1) is 0 Å². The highest BCUT2D eigenvalue weighted by molar-refractivity contribution is 5.82. The highest BCUT2D eigenvalue weighted by Gasteiger charge is 1.97. The predicted octanol–water partition coefficient (Wildman–Crippen LogP) is 2.28. The number of nitrogens with zero attached hydrogens (tertiary/aromatic N) is 2. The summed E-state index contributed by atoms with van der Waals surface area (Å²) in [6, 6.07) is 17.1. The van der Waals surface area contributed by atoms with Gasteiger partial charge in [0.2, 0.25) is 5.96 Å². The van der Waals surface area contributed by atoms with Gasteiger partial charge >= 0.3 is 0 Å². The van der Waals surface area contributed by atoms with E-state index in [2.05, 4.69) is 10.3 Å². The third kappa shape index (κ3) is 4.03. The molecule has 0 heterocycles. The lowest BCUT2D eigenvalue weighted by Gasteiger charge is -2.06. The van der Waals surface area contributed by atoms with E-state index in [0.29, 0.717) is 12.3 Å². The number of nitrogens with two attached hydrogens (primary N) is 1. The molecule has 0 atom stereocenters. The summed E-state index contributed by atoms with van der Waals surface area (Å²) in [5, 5.41) is 10.7. The number of ether oxygens (including phenoxy) is 1. The molecule has 0 aliphatic rings. The first kappa shape index (κ1) is 13.4. The number of hydrogen-bond acceptors (Lipinski definition) is 3. The van der Waals surface area contributed by atoms with Crippen LogP contribution in [-0.2, 0) is 6.61 Å². The van der Waals surface area contributed by atoms with Crippen molar-refractivity contribution >= 4 is 11.6 Å². The Bertz CT molecular complexity index is 615. The standard InChI is InChI=1S/C15H14N4O/c16-11-18-15(17)19-13-6-8-14(9-7-13)20-10-12-4-2-1-3-5-12/h1-9H,10H2,(H3,17,18,19). The molecule has 0 amide bonds. The normalized spacial score (nSPS) is 10.7. The Morgan fingerprint density at radius 3 is 2.50 bits per heavy atom. The van der Waals surface area contributed by atoms with Crippen molar-refractivity contribution in [1.82, 2.24) is 5.32 Å². The zero-order valence-corrected chi connectivity index (χ0v) is 10.8. The van der Waals surface area contributed by atoms with Crippen LogP contribution in [0.2, 0.25) is 0 Å². The summed E-state index contributed by atoms with van der Waals surface area (Å²) in [6.45, 7) is 0.515. The van der Waals surface area contributed by atoms with Gasteiger partial charge in [0.05, 0.1) is 5.69 Å². The molecule has 0 aliphatic carbocycles. The number of benzene rings is 2. The molecule has 0 radical (unpaired) electrons. The molecule has 0 spiro atoms. The van der Waals surface area contributed by atoms with Gasteiger partial charge in [0.25, 0.3) is 0 Å². The van der Waals surface area contributed by atoms with Crippen LogP contribution >= 0.6 is 0 Å². The van der Waals surface area contributed by atoms with E-state index in [1.807, 2.05) is 30.3 Å². The summed E-state index contributed by atoms with van der Waals surface area (Å²) in [6.07, 6.45) is 1.71. The molecule has 0 saturated heterocycles. The maximum atomic E-state index is 8.40. The van der Waals surface area contributed by atoms with Crippen LogP contribution in [0.25, 0.3) is 0 Å². The molecule has 2 aromatic rings. The predicted molar refractivity (Wildman–Crippen MR) is 77.2 cm³/mol. The van der Waals surface area contributed by atoms with Gasteiger partial charge in [-0.25, -0.2) is 4.99 Å². The molecule has 0 fully saturated rings. The maximum Gasteiger partial charge on any atom is 0.207 e. The van der Waals surface area contributed by atoms with Crippen LogP contribution in [0.15, 0.2) is 59.6 Å². The third-order valence-electron chi connectivity index (χ3n) is 2.52. The zero-order chi connectivity index (χ0) is 14.2. The van der Waals surface area contributed by atoms with Crippen molar-refractivity contribution in [2.24, 2.45) is 10.7 Å². The van der Waals surface area contributed by atoms with Crippen LogP contribution < -0.4 is 15.8 Å². The van der Waals surface area contributed by atoms with Crippen molar-refractivity contribution in [3.8, 4) is 11.9 Å². The Morgan fingerprint density at radius 2 is 1.85 bits per heavy atom. The van der Waals surface area contributed by atoms with Crippen molar-refractivity contribution in [1.29, 1.82) is 5.26 Å². The van der Waals surface area contributed by atoms with E-state index in [1.54, 1.807) is 30.5 Å². The lowest BCUT2D eigenvalue weighted by atomic mass is 10.2. The minimum absolute atomic E-state index is 0.0606. The Kier molecular flexibility index (Phi) is 4.57. The molecular weight excluding hydrogens is 252 g/mol. The molecule has 5 nitrogen and oxygen atoms in total. The lowest BCUT2D eigenvalue weighted by Crippen LogP contribution is -2.26. The molecule has 0 bridgehead atoms. The first-order valence-electron chi connectivity index (χ1n) is 6.04. The second kappa shape index (κ2) is 6.81. The number of guanidine groups is 1. The quantitative estimate of drug-likeness (QED) is 0.385. The van der Waals surface area contributed by atoms with Crippen molar-refractivity contribution in [3.63, 3.8) is 0 Å². The Hall–Kier alpha value is -3.00. The van der Waals surface area contributed by atoms with E-state index in [4.69, 9.17) is 15.7 Å². The van der Waals surface area contributed by atoms with Crippen molar-refractivity contribution in [2.75, 3.05) is 0 Å². The number of hydrogen-bond donors (Lipinski definition) is 2. The Morgan fingerprint density at radius 1 is 1.15 bits per heavy atom. The van der Waals surface area contributed by atoms with Crippen molar-refractivity contribution < 1.29 is 4.74 Å². The molecule has 0 aliphatic heterocycles. The average molecular weight is 266 g/mol. The summed E-state index contributed by atoms with van der Waals surface area (Å²) in [5.41, 5.74) is 7.23.